The van der Waals surface area contributed by atoms with Gasteiger partial charge in [-0.15, -0.1) is 0 Å². The number of hydrogen-bond acceptors (Lipinski definition) is 3. The molecule has 0 bridgehead atoms. The summed E-state index contributed by atoms with van der Waals surface area (Å²) in [4.78, 5) is 28.4. The van der Waals surface area contributed by atoms with Gasteiger partial charge in [0.2, 0.25) is 0 Å². The van der Waals surface area contributed by atoms with Crippen LogP contribution in [0.5, 0.6) is 0 Å². The van der Waals surface area contributed by atoms with Crippen molar-refractivity contribution in [1.82, 2.24) is 10.6 Å². The van der Waals surface area contributed by atoms with E-state index in [2.05, 4.69) is 10.3 Å². The van der Waals surface area contributed by atoms with Gasteiger partial charge in [-0.1, -0.05) is 63.2 Å². The molecule has 0 spiro atoms. The van der Waals surface area contributed by atoms with Gasteiger partial charge in [-0.05, 0) is 23.1 Å². The van der Waals surface area contributed by atoms with Crippen LogP contribution in [0.4, 0.5) is 13.2 Å². The molecule has 0 fully saturated rings. The third-order valence-corrected chi connectivity index (χ3v) is 4.61. The molecule has 2 aromatic rings. The lowest BCUT2D eigenvalue weighted by Crippen LogP contribution is -2.63. The molecule has 2 amide bonds. The van der Waals surface area contributed by atoms with E-state index in [-0.39, 0.29) is 16.8 Å². The number of amidine groups is 1. The molecule has 152 valence electrons. The van der Waals surface area contributed by atoms with Gasteiger partial charge in [0.15, 0.2) is 0 Å². The van der Waals surface area contributed by atoms with Crippen molar-refractivity contribution >= 4 is 17.6 Å². The molecule has 8 heteroatoms. The lowest BCUT2D eigenvalue weighted by atomic mass is 9.86. The van der Waals surface area contributed by atoms with Crippen molar-refractivity contribution in [2.75, 3.05) is 0 Å². The van der Waals surface area contributed by atoms with Gasteiger partial charge in [0.1, 0.15) is 5.84 Å². The number of alkyl halides is 3. The van der Waals surface area contributed by atoms with Gasteiger partial charge in [-0.25, -0.2) is 4.99 Å². The number of carbonyl (C=O) groups excluding carboxylic acids is 2. The summed E-state index contributed by atoms with van der Waals surface area (Å²) in [5, 5.41) is 3.92. The van der Waals surface area contributed by atoms with Crippen LogP contribution in [0.25, 0.3) is 0 Å². The third-order valence-electron chi connectivity index (χ3n) is 4.61. The molecule has 5 nitrogen and oxygen atoms in total. The van der Waals surface area contributed by atoms with Crippen molar-refractivity contribution in [3.63, 3.8) is 0 Å². The summed E-state index contributed by atoms with van der Waals surface area (Å²) in [6.45, 7) is 5.93. The fraction of sp³-hybridized carbons (Fsp3) is 0.286. The van der Waals surface area contributed by atoms with Crippen LogP contribution < -0.4 is 10.6 Å². The van der Waals surface area contributed by atoms with Crippen LogP contribution >= 0.6 is 0 Å². The molecule has 1 aliphatic heterocycles. The predicted molar refractivity (Wildman–Crippen MR) is 103 cm³/mol. The number of nitrogens with zero attached hydrogens (tertiary/aromatic N) is 1. The zero-order chi connectivity index (χ0) is 21.4. The third kappa shape index (κ3) is 3.87. The zero-order valence-corrected chi connectivity index (χ0v) is 16.1. The highest BCUT2D eigenvalue weighted by Crippen LogP contribution is 2.35. The van der Waals surface area contributed by atoms with Gasteiger partial charge < -0.3 is 10.6 Å². The normalized spacial score (nSPS) is 19.5. The van der Waals surface area contributed by atoms with Crippen LogP contribution in [0, 0.1) is 0 Å². The van der Waals surface area contributed by atoms with Gasteiger partial charge in [-0.2, -0.15) is 13.2 Å². The van der Waals surface area contributed by atoms with Crippen LogP contribution in [-0.2, 0) is 10.2 Å². The second kappa shape index (κ2) is 7.02. The Morgan fingerprint density at radius 2 is 1.59 bits per heavy atom. The number of aliphatic imine (C=N–C) groups is 1. The summed E-state index contributed by atoms with van der Waals surface area (Å²) in [6, 6.07) is 14.1. The topological polar surface area (TPSA) is 70.6 Å². The first-order valence-corrected chi connectivity index (χ1v) is 8.90. The Morgan fingerprint density at radius 3 is 2.10 bits per heavy atom. The maximum absolute atomic E-state index is 13.9. The van der Waals surface area contributed by atoms with E-state index in [9.17, 15) is 22.8 Å². The van der Waals surface area contributed by atoms with E-state index in [4.69, 9.17) is 0 Å². The van der Waals surface area contributed by atoms with Crippen LogP contribution in [0.15, 0.2) is 59.6 Å². The summed E-state index contributed by atoms with van der Waals surface area (Å²) in [7, 11) is 0. The highest BCUT2D eigenvalue weighted by molar-refractivity contribution is 6.16. The fourth-order valence-corrected chi connectivity index (χ4v) is 2.88. The number of carbonyl (C=O) groups is 2. The molecular weight excluding hydrogens is 383 g/mol. The van der Waals surface area contributed by atoms with E-state index in [1.807, 2.05) is 20.8 Å². The zero-order valence-electron chi connectivity index (χ0n) is 16.1. The molecule has 1 heterocycles. The van der Waals surface area contributed by atoms with Crippen molar-refractivity contribution in [3.05, 3.63) is 71.3 Å². The molecule has 3 rings (SSSR count). The minimum Gasteiger partial charge on any atom is -0.312 e. The molecule has 0 saturated carbocycles. The number of hydrogen-bond donors (Lipinski definition) is 2. The number of benzene rings is 2. The molecular formula is C21H20F3N3O2. The first kappa shape index (κ1) is 20.6. The molecule has 2 aromatic carbocycles. The van der Waals surface area contributed by atoms with E-state index >= 15 is 0 Å². The maximum Gasteiger partial charge on any atom is 0.442 e. The predicted octanol–water partition coefficient (Wildman–Crippen LogP) is 3.55. The van der Waals surface area contributed by atoms with Crippen LogP contribution in [-0.4, -0.2) is 29.5 Å². The molecule has 0 aliphatic carbocycles. The molecule has 2 N–H and O–H groups in total. The van der Waals surface area contributed by atoms with Gasteiger partial charge in [0.25, 0.3) is 11.8 Å². The van der Waals surface area contributed by atoms with Crippen molar-refractivity contribution in [2.24, 2.45) is 4.99 Å². The molecule has 0 saturated heterocycles. The van der Waals surface area contributed by atoms with Gasteiger partial charge in [-0.3, -0.25) is 9.59 Å². The molecule has 0 unspecified atom stereocenters. The van der Waals surface area contributed by atoms with Crippen molar-refractivity contribution < 1.29 is 22.8 Å². The lowest BCUT2D eigenvalue weighted by molar-refractivity contribution is -0.192. The van der Waals surface area contributed by atoms with E-state index in [0.717, 1.165) is 5.56 Å². The highest BCUT2D eigenvalue weighted by Gasteiger charge is 2.65. The number of halogens is 3. The average Bonchev–Trinajstić information content (AvgIpc) is 2.99. The molecule has 1 atom stereocenters. The maximum atomic E-state index is 13.9. The van der Waals surface area contributed by atoms with Crippen LogP contribution in [0.3, 0.4) is 0 Å². The molecule has 29 heavy (non-hydrogen) atoms. The Morgan fingerprint density at radius 1 is 1.00 bits per heavy atom. The SMILES string of the molecule is CC(C)(C)c1ccc(C(=O)N[C@]2(C(F)(F)F)N=C(c3ccccc3)NC2=O)cc1. The number of rotatable bonds is 3. The second-order valence-electron chi connectivity index (χ2n) is 7.77. The number of amides is 2. The molecule has 1 aliphatic rings. The van der Waals surface area contributed by atoms with E-state index in [0.29, 0.717) is 5.56 Å². The summed E-state index contributed by atoms with van der Waals surface area (Å²) in [5.74, 6) is -2.75. The van der Waals surface area contributed by atoms with Crippen molar-refractivity contribution in [1.29, 1.82) is 0 Å². The summed E-state index contributed by atoms with van der Waals surface area (Å²) in [6.07, 6.45) is -5.13. The van der Waals surface area contributed by atoms with E-state index < -0.39 is 23.7 Å². The molecule has 0 aromatic heterocycles. The minimum atomic E-state index is -5.13. The monoisotopic (exact) mass is 403 g/mol. The number of nitrogens with one attached hydrogen (secondary N) is 2. The summed E-state index contributed by atoms with van der Waals surface area (Å²) < 4.78 is 41.6. The summed E-state index contributed by atoms with van der Waals surface area (Å²) in [5.41, 5.74) is -2.35. The Kier molecular flexibility index (Phi) is 4.98. The Bertz CT molecular complexity index is 961. The Hall–Kier alpha value is -3.16. The standard InChI is InChI=1S/C21H20F3N3O2/c1-19(2,3)15-11-9-14(10-12-15)17(28)27-20(21(22,23)24)18(29)25-16(26-20)13-7-5-4-6-8-13/h4-12H,1-3H3,(H,27,28)(H,25,26,29)/t20-/m1/s1. The van der Waals surface area contributed by atoms with E-state index in [1.165, 1.54) is 24.3 Å². The van der Waals surface area contributed by atoms with Gasteiger partial charge in [0, 0.05) is 11.1 Å². The quantitative estimate of drug-likeness (QED) is 0.823. The van der Waals surface area contributed by atoms with Crippen LogP contribution in [0.1, 0.15) is 42.3 Å². The highest BCUT2D eigenvalue weighted by atomic mass is 19.4. The average molecular weight is 403 g/mol. The van der Waals surface area contributed by atoms with Crippen molar-refractivity contribution in [2.45, 2.75) is 38.0 Å². The Labute approximate surface area is 166 Å². The van der Waals surface area contributed by atoms with E-state index in [1.54, 1.807) is 35.6 Å². The first-order chi connectivity index (χ1) is 13.4. The first-order valence-electron chi connectivity index (χ1n) is 8.90. The van der Waals surface area contributed by atoms with Crippen LogP contribution in [0.2, 0.25) is 0 Å². The fourth-order valence-electron chi connectivity index (χ4n) is 2.88. The largest absolute Gasteiger partial charge is 0.442 e. The molecule has 0 radical (unpaired) electrons. The van der Waals surface area contributed by atoms with Crippen molar-refractivity contribution in [3.8, 4) is 0 Å². The lowest BCUT2D eigenvalue weighted by Gasteiger charge is -2.27. The smallest absolute Gasteiger partial charge is 0.312 e. The van der Waals surface area contributed by atoms with Gasteiger partial charge >= 0.3 is 11.8 Å². The Balaban J connectivity index is 1.95. The second-order valence-corrected chi connectivity index (χ2v) is 7.77. The van der Waals surface area contributed by atoms with Gasteiger partial charge in [0.05, 0.1) is 0 Å². The summed E-state index contributed by atoms with van der Waals surface area (Å²) >= 11 is 0. The minimum absolute atomic E-state index is 0.00205.